The second-order valence-corrected chi connectivity index (χ2v) is 7.07. The van der Waals surface area contributed by atoms with Crippen molar-refractivity contribution < 1.29 is 9.90 Å². The second-order valence-electron chi connectivity index (χ2n) is 6.18. The van der Waals surface area contributed by atoms with E-state index in [4.69, 9.17) is 0 Å². The van der Waals surface area contributed by atoms with Gasteiger partial charge in [-0.15, -0.1) is 11.3 Å². The number of carbonyl (C=O) groups excluding carboxylic acids is 1. The van der Waals surface area contributed by atoms with Crippen LogP contribution in [0.25, 0.3) is 0 Å². The molecule has 1 aromatic rings. The van der Waals surface area contributed by atoms with Crippen molar-refractivity contribution in [1.29, 1.82) is 0 Å². The molecule has 0 saturated heterocycles. The van der Waals surface area contributed by atoms with Gasteiger partial charge in [0.1, 0.15) is 5.01 Å². The molecule has 1 aliphatic carbocycles. The molecule has 124 valence electrons. The summed E-state index contributed by atoms with van der Waals surface area (Å²) in [7, 11) is 0. The summed E-state index contributed by atoms with van der Waals surface area (Å²) in [6.45, 7) is 4.01. The first-order chi connectivity index (χ1) is 10.6. The van der Waals surface area contributed by atoms with Gasteiger partial charge in [0, 0.05) is 23.7 Å². The predicted octanol–water partition coefficient (Wildman–Crippen LogP) is 3.14. The molecule has 0 radical (unpaired) electrons. The van der Waals surface area contributed by atoms with Gasteiger partial charge >= 0.3 is 6.03 Å². The van der Waals surface area contributed by atoms with Crippen molar-refractivity contribution in [3.63, 3.8) is 0 Å². The highest BCUT2D eigenvalue weighted by Crippen LogP contribution is 2.27. The van der Waals surface area contributed by atoms with E-state index >= 15 is 0 Å². The van der Waals surface area contributed by atoms with Crippen LogP contribution in [0.15, 0.2) is 5.38 Å². The van der Waals surface area contributed by atoms with Gasteiger partial charge in [0.05, 0.1) is 6.04 Å². The van der Waals surface area contributed by atoms with E-state index in [2.05, 4.69) is 15.6 Å². The molecule has 2 amide bonds. The molecule has 1 aromatic heterocycles. The number of hydrogen-bond donors (Lipinski definition) is 3. The van der Waals surface area contributed by atoms with Crippen LogP contribution in [0.3, 0.4) is 0 Å². The molecular formula is C16H27N3O2S. The van der Waals surface area contributed by atoms with Crippen molar-refractivity contribution in [3.05, 3.63) is 16.1 Å². The molecule has 6 heteroatoms. The van der Waals surface area contributed by atoms with E-state index in [0.29, 0.717) is 12.3 Å². The van der Waals surface area contributed by atoms with Crippen LogP contribution in [0, 0.1) is 12.8 Å². The number of urea groups is 1. The summed E-state index contributed by atoms with van der Waals surface area (Å²) in [6, 6.07) is -0.195. The minimum atomic E-state index is -0.163. The van der Waals surface area contributed by atoms with Crippen molar-refractivity contribution in [2.75, 3.05) is 6.61 Å². The fourth-order valence-corrected chi connectivity index (χ4v) is 3.94. The van der Waals surface area contributed by atoms with Gasteiger partial charge in [-0.2, -0.15) is 0 Å². The third-order valence-corrected chi connectivity index (χ3v) is 5.48. The van der Waals surface area contributed by atoms with Crippen LogP contribution in [0.5, 0.6) is 0 Å². The molecule has 2 rings (SSSR count). The van der Waals surface area contributed by atoms with E-state index in [1.807, 2.05) is 19.2 Å². The number of hydrogen-bond acceptors (Lipinski definition) is 4. The lowest BCUT2D eigenvalue weighted by atomic mass is 9.83. The standard InChI is InChI=1S/C16H27N3O2S/c1-11-10-22-15(17-11)12(2)18-16(21)19-14(8-9-20)13-6-4-3-5-7-13/h10,12-14,20H,3-9H2,1-2H3,(H2,18,19,21). The third-order valence-electron chi connectivity index (χ3n) is 4.33. The van der Waals surface area contributed by atoms with Crippen LogP contribution in [0.1, 0.15) is 62.2 Å². The lowest BCUT2D eigenvalue weighted by Crippen LogP contribution is -2.47. The van der Waals surface area contributed by atoms with E-state index in [0.717, 1.165) is 23.5 Å². The highest BCUT2D eigenvalue weighted by atomic mass is 32.1. The van der Waals surface area contributed by atoms with Crippen molar-refractivity contribution in [1.82, 2.24) is 15.6 Å². The summed E-state index contributed by atoms with van der Waals surface area (Å²) in [5.74, 6) is 0.490. The maximum absolute atomic E-state index is 12.2. The molecule has 0 aromatic carbocycles. The molecule has 22 heavy (non-hydrogen) atoms. The number of amides is 2. The maximum atomic E-state index is 12.2. The van der Waals surface area contributed by atoms with Gasteiger partial charge in [0.25, 0.3) is 0 Å². The van der Waals surface area contributed by atoms with E-state index in [1.165, 1.54) is 19.3 Å². The second kappa shape index (κ2) is 8.48. The molecule has 1 fully saturated rings. The van der Waals surface area contributed by atoms with Crippen LogP contribution < -0.4 is 10.6 Å². The Morgan fingerprint density at radius 1 is 1.41 bits per heavy atom. The van der Waals surface area contributed by atoms with Crippen LogP contribution in [0.2, 0.25) is 0 Å². The zero-order valence-electron chi connectivity index (χ0n) is 13.5. The van der Waals surface area contributed by atoms with Crippen molar-refractivity contribution in [2.24, 2.45) is 5.92 Å². The lowest BCUT2D eigenvalue weighted by Gasteiger charge is -2.31. The first-order valence-corrected chi connectivity index (χ1v) is 9.08. The molecule has 2 atom stereocenters. The van der Waals surface area contributed by atoms with Crippen LogP contribution in [-0.4, -0.2) is 28.8 Å². The smallest absolute Gasteiger partial charge is 0.315 e. The van der Waals surface area contributed by atoms with Crippen molar-refractivity contribution >= 4 is 17.4 Å². The average Bonchev–Trinajstić information content (AvgIpc) is 2.94. The van der Waals surface area contributed by atoms with Gasteiger partial charge in [-0.3, -0.25) is 0 Å². The Morgan fingerprint density at radius 3 is 2.73 bits per heavy atom. The van der Waals surface area contributed by atoms with Gasteiger partial charge in [-0.05, 0) is 39.0 Å². The molecule has 1 heterocycles. The Labute approximate surface area is 136 Å². The fraction of sp³-hybridized carbons (Fsp3) is 0.750. The van der Waals surface area contributed by atoms with Gasteiger partial charge in [-0.25, -0.2) is 9.78 Å². The molecule has 5 nitrogen and oxygen atoms in total. The summed E-state index contributed by atoms with van der Waals surface area (Å²) < 4.78 is 0. The monoisotopic (exact) mass is 325 g/mol. The number of aromatic nitrogens is 1. The number of rotatable bonds is 6. The summed E-state index contributed by atoms with van der Waals surface area (Å²) in [4.78, 5) is 16.6. The first-order valence-electron chi connectivity index (χ1n) is 8.20. The molecule has 3 N–H and O–H groups in total. The van der Waals surface area contributed by atoms with E-state index < -0.39 is 0 Å². The zero-order valence-corrected chi connectivity index (χ0v) is 14.3. The summed E-state index contributed by atoms with van der Waals surface area (Å²) >= 11 is 1.56. The Hall–Kier alpha value is -1.14. The number of nitrogens with one attached hydrogen (secondary N) is 2. The zero-order chi connectivity index (χ0) is 15.9. The molecule has 0 spiro atoms. The first kappa shape index (κ1) is 17.2. The number of nitrogens with zero attached hydrogens (tertiary/aromatic N) is 1. The SMILES string of the molecule is Cc1csc(C(C)NC(=O)NC(CCO)C2CCCCC2)n1. The quantitative estimate of drug-likeness (QED) is 0.752. The molecular weight excluding hydrogens is 298 g/mol. The maximum Gasteiger partial charge on any atom is 0.315 e. The Kier molecular flexibility index (Phi) is 6.64. The van der Waals surface area contributed by atoms with Gasteiger partial charge in [0.2, 0.25) is 0 Å². The van der Waals surface area contributed by atoms with Crippen molar-refractivity contribution in [2.45, 2.75) is 64.5 Å². The van der Waals surface area contributed by atoms with Gasteiger partial charge in [0.15, 0.2) is 0 Å². The third kappa shape index (κ3) is 4.95. The van der Waals surface area contributed by atoms with E-state index in [9.17, 15) is 9.90 Å². The molecule has 1 aliphatic rings. The summed E-state index contributed by atoms with van der Waals surface area (Å²) in [6.07, 6.45) is 6.66. The van der Waals surface area contributed by atoms with Crippen LogP contribution >= 0.6 is 11.3 Å². The number of thiazole rings is 1. The van der Waals surface area contributed by atoms with Crippen LogP contribution in [0.4, 0.5) is 4.79 Å². The highest BCUT2D eigenvalue weighted by molar-refractivity contribution is 7.09. The Bertz CT molecular complexity index is 472. The Morgan fingerprint density at radius 2 is 2.14 bits per heavy atom. The molecule has 0 aliphatic heterocycles. The van der Waals surface area contributed by atoms with Crippen LogP contribution in [-0.2, 0) is 0 Å². The summed E-state index contributed by atoms with van der Waals surface area (Å²) in [5, 5.41) is 18.2. The predicted molar refractivity (Wildman–Crippen MR) is 89.0 cm³/mol. The Balaban J connectivity index is 1.87. The van der Waals surface area contributed by atoms with E-state index in [1.54, 1.807) is 11.3 Å². The molecule has 0 bridgehead atoms. The molecule has 2 unspecified atom stereocenters. The van der Waals surface area contributed by atoms with Gasteiger partial charge < -0.3 is 15.7 Å². The topological polar surface area (TPSA) is 74.2 Å². The number of carbonyl (C=O) groups is 1. The minimum Gasteiger partial charge on any atom is -0.396 e. The van der Waals surface area contributed by atoms with Gasteiger partial charge in [-0.1, -0.05) is 19.3 Å². The minimum absolute atomic E-state index is 0.0653. The van der Waals surface area contributed by atoms with E-state index in [-0.39, 0.29) is 24.7 Å². The average molecular weight is 325 g/mol. The number of aliphatic hydroxyl groups is 1. The normalized spacial score (nSPS) is 18.7. The number of aryl methyl sites for hydroxylation is 1. The lowest BCUT2D eigenvalue weighted by molar-refractivity contribution is 0.195. The molecule has 1 saturated carbocycles. The summed E-state index contributed by atoms with van der Waals surface area (Å²) in [5.41, 5.74) is 0.981. The highest BCUT2D eigenvalue weighted by Gasteiger charge is 2.25. The fourth-order valence-electron chi connectivity index (χ4n) is 3.14. The largest absolute Gasteiger partial charge is 0.396 e. The number of aliphatic hydroxyl groups excluding tert-OH is 1. The van der Waals surface area contributed by atoms with Crippen molar-refractivity contribution in [3.8, 4) is 0 Å².